The fourth-order valence-electron chi connectivity index (χ4n) is 7.32. The number of allylic oxidation sites excluding steroid dienone is 4. The van der Waals surface area contributed by atoms with Crippen LogP contribution >= 0.6 is 15.9 Å². The van der Waals surface area contributed by atoms with Gasteiger partial charge in [-0.15, -0.1) is 0 Å². The number of fused-ring (bicyclic) bond motifs is 2. The zero-order chi connectivity index (χ0) is 54.5. The quantitative estimate of drug-likeness (QED) is 0.0958. The summed E-state index contributed by atoms with van der Waals surface area (Å²) in [6.45, 7) is 14.8. The Balaban J connectivity index is 0.000000266. The van der Waals surface area contributed by atoms with Crippen molar-refractivity contribution in [3.8, 4) is 0 Å². The van der Waals surface area contributed by atoms with Crippen LogP contribution in [0.3, 0.4) is 0 Å². The zero-order valence-electron chi connectivity index (χ0n) is 43.6. The predicted molar refractivity (Wildman–Crippen MR) is 287 cm³/mol. The maximum atomic E-state index is 14.8. The summed E-state index contributed by atoms with van der Waals surface area (Å²) >= 11 is 2.94. The topological polar surface area (TPSA) is 182 Å². The van der Waals surface area contributed by atoms with Crippen molar-refractivity contribution in [3.05, 3.63) is 148 Å². The molecule has 2 amide bonds. The molecule has 6 rings (SSSR count). The molecule has 5 aromatic rings. The summed E-state index contributed by atoms with van der Waals surface area (Å²) in [4.78, 5) is 31.8. The van der Waals surface area contributed by atoms with Gasteiger partial charge < -0.3 is 24.7 Å². The Labute approximate surface area is 438 Å². The van der Waals surface area contributed by atoms with Crippen LogP contribution in [0.2, 0.25) is 0 Å². The Bertz CT molecular complexity index is 3030. The third kappa shape index (κ3) is 17.7. The van der Waals surface area contributed by atoms with Gasteiger partial charge >= 0.3 is 12.2 Å². The van der Waals surface area contributed by atoms with Crippen LogP contribution in [0.15, 0.2) is 125 Å². The van der Waals surface area contributed by atoms with Crippen molar-refractivity contribution in [3.63, 3.8) is 0 Å². The Morgan fingerprint density at radius 1 is 0.712 bits per heavy atom. The highest BCUT2D eigenvalue weighted by Crippen LogP contribution is 2.34. The van der Waals surface area contributed by atoms with E-state index in [4.69, 9.17) is 9.47 Å². The van der Waals surface area contributed by atoms with E-state index in [0.717, 1.165) is 46.1 Å². The number of hydrogen-bond acceptors (Lipinski definition) is 10. The van der Waals surface area contributed by atoms with Crippen molar-refractivity contribution in [2.45, 2.75) is 102 Å². The van der Waals surface area contributed by atoms with E-state index in [1.807, 2.05) is 42.1 Å². The lowest BCUT2D eigenvalue weighted by atomic mass is 9.99. The van der Waals surface area contributed by atoms with E-state index in [-0.39, 0.29) is 35.7 Å². The van der Waals surface area contributed by atoms with Gasteiger partial charge in [0.05, 0.1) is 27.2 Å². The summed E-state index contributed by atoms with van der Waals surface area (Å²) in [5, 5.41) is 5.99. The molecule has 0 radical (unpaired) electrons. The molecule has 0 bridgehead atoms. The summed E-state index contributed by atoms with van der Waals surface area (Å²) in [6.07, 6.45) is 10.9. The van der Waals surface area contributed by atoms with Gasteiger partial charge in [0.2, 0.25) is 20.0 Å². The summed E-state index contributed by atoms with van der Waals surface area (Å²) in [7, 11) is -0.798. The number of alkyl halides is 1. The number of rotatable bonds is 15. The molecule has 0 aliphatic heterocycles. The Morgan fingerprint density at radius 2 is 1.18 bits per heavy atom. The highest BCUT2D eigenvalue weighted by molar-refractivity contribution is 9.09. The van der Waals surface area contributed by atoms with Gasteiger partial charge in [-0.2, -0.15) is 0 Å². The van der Waals surface area contributed by atoms with E-state index in [9.17, 15) is 35.2 Å². The molecule has 2 N–H and O–H groups in total. The predicted octanol–water partition coefficient (Wildman–Crippen LogP) is 10.2. The molecule has 1 aliphatic carbocycles. The molecule has 1 aliphatic rings. The molecule has 3 aromatic heterocycles. The minimum Gasteiger partial charge on any atom is -0.444 e. The summed E-state index contributed by atoms with van der Waals surface area (Å²) < 4.78 is 90.7. The molecule has 15 nitrogen and oxygen atoms in total. The first-order chi connectivity index (χ1) is 34.0. The van der Waals surface area contributed by atoms with Crippen LogP contribution in [0.1, 0.15) is 82.0 Å². The first-order valence-electron chi connectivity index (χ1n) is 23.3. The summed E-state index contributed by atoms with van der Waals surface area (Å²) in [6, 6.07) is 17.8. The number of alkyl carbamates (subject to hydrolysis) is 2. The third-order valence-corrected chi connectivity index (χ3v) is 15.2. The van der Waals surface area contributed by atoms with Crippen LogP contribution < -0.4 is 10.6 Å². The molecule has 2 aromatic carbocycles. The molecule has 0 saturated carbocycles. The summed E-state index contributed by atoms with van der Waals surface area (Å²) in [5.74, 6) is -0.714. The van der Waals surface area contributed by atoms with Gasteiger partial charge in [0, 0.05) is 77.1 Å². The average Bonchev–Trinajstić information content (AvgIpc) is 3.76. The van der Waals surface area contributed by atoms with Gasteiger partial charge in [0.25, 0.3) is 0 Å². The fraction of sp³-hybridized carbons (Fsp3) is 0.396. The van der Waals surface area contributed by atoms with E-state index < -0.39 is 49.3 Å². The first-order valence-corrected chi connectivity index (χ1v) is 27.3. The average molecular weight is 1110 g/mol. The van der Waals surface area contributed by atoms with Gasteiger partial charge in [0.1, 0.15) is 22.9 Å². The molecule has 0 atom stereocenters. The highest BCUT2D eigenvalue weighted by atomic mass is 79.9. The van der Waals surface area contributed by atoms with Crippen molar-refractivity contribution in [1.82, 2.24) is 33.8 Å². The highest BCUT2D eigenvalue weighted by Gasteiger charge is 2.22. The lowest BCUT2D eigenvalue weighted by Gasteiger charge is -2.19. The molecular weight excluding hydrogens is 1040 g/mol. The SMILES string of the molecule is CC(C)(C)OC(=O)NC/C=C(\F)CBr.CC1=C(Cc2ccc(S(=O)(=O)N(C)C)cc2)c2cnccc2C1.Cc1c(Cc2ccc(S(=O)(=O)N(C)C)cc2)c2cnccc2n1C/C(F)=C/CNC(=O)OC(C)(C)C. The molecule has 73 heavy (non-hydrogen) atoms. The van der Waals surface area contributed by atoms with Gasteiger partial charge in [-0.1, -0.05) is 45.8 Å². The number of amides is 2. The maximum Gasteiger partial charge on any atom is 0.407 e. The van der Waals surface area contributed by atoms with E-state index in [1.165, 1.54) is 57.1 Å². The van der Waals surface area contributed by atoms with Crippen molar-refractivity contribution in [1.29, 1.82) is 0 Å². The maximum absolute atomic E-state index is 14.8. The number of aromatic nitrogens is 3. The van der Waals surface area contributed by atoms with Crippen LogP contribution in [0.5, 0.6) is 0 Å². The number of halogens is 3. The van der Waals surface area contributed by atoms with Crippen molar-refractivity contribution in [2.75, 3.05) is 46.6 Å². The zero-order valence-corrected chi connectivity index (χ0v) is 46.9. The number of nitrogens with one attached hydrogen (secondary N) is 2. The molecule has 20 heteroatoms. The van der Waals surface area contributed by atoms with Gasteiger partial charge in [-0.25, -0.2) is 43.8 Å². The van der Waals surface area contributed by atoms with Crippen LogP contribution in [0.4, 0.5) is 18.4 Å². The van der Waals surface area contributed by atoms with Crippen molar-refractivity contribution >= 4 is 64.6 Å². The molecule has 396 valence electrons. The first kappa shape index (κ1) is 59.8. The standard InChI is InChI=1S/C26H33FN4O4S.C18H20N2O2S.C9H15BrFNO2/c1-18-22(15-19-7-9-21(10-8-19)36(33,34)30(5)6)23-16-28-13-12-24(23)31(18)17-20(27)11-14-29-25(32)35-26(2,3)4;1-13-10-15-8-9-19-12-18(15)17(13)11-14-4-6-16(7-5-14)23(21,22)20(2)3;1-9(2,3)14-8(13)12-5-4-7(11)6-10/h7-13,16H,14-15,17H2,1-6H3,(H,29,32);4-9,12H,10-11H2,1-3H3;4H,5-6H2,1-3H3,(H,12,13)/b20-11-;;7-4-. The molecular formula is C53H68BrF2N7O8S2. The second-order valence-corrected chi connectivity index (χ2v) is 24.3. The minimum atomic E-state index is -3.50. The molecule has 0 spiro atoms. The van der Waals surface area contributed by atoms with Crippen molar-refractivity contribution in [2.24, 2.45) is 0 Å². The number of hydrogen-bond donors (Lipinski definition) is 2. The molecule has 0 fully saturated rings. The van der Waals surface area contributed by atoms with Crippen LogP contribution in [-0.2, 0) is 55.3 Å². The van der Waals surface area contributed by atoms with Crippen molar-refractivity contribution < 1.29 is 44.7 Å². The van der Waals surface area contributed by atoms with Crippen LogP contribution in [-0.4, -0.2) is 110 Å². The molecule has 0 unspecified atom stereocenters. The molecule has 0 saturated heterocycles. The number of carbonyl (C=O) groups is 2. The lowest BCUT2D eigenvalue weighted by Crippen LogP contribution is -2.32. The monoisotopic (exact) mass is 1110 g/mol. The van der Waals surface area contributed by atoms with Gasteiger partial charge in [-0.05, 0) is 157 Å². The number of benzene rings is 2. The second-order valence-electron chi connectivity index (χ2n) is 19.4. The largest absolute Gasteiger partial charge is 0.444 e. The van der Waals surface area contributed by atoms with Crippen LogP contribution in [0.25, 0.3) is 16.5 Å². The van der Waals surface area contributed by atoms with Gasteiger partial charge in [-0.3, -0.25) is 9.97 Å². The summed E-state index contributed by atoms with van der Waals surface area (Å²) in [5.41, 5.74) is 8.79. The van der Waals surface area contributed by atoms with Gasteiger partial charge in [0.15, 0.2) is 0 Å². The van der Waals surface area contributed by atoms with Crippen LogP contribution in [0, 0.1) is 6.92 Å². The van der Waals surface area contributed by atoms with E-state index in [1.54, 1.807) is 104 Å². The third-order valence-electron chi connectivity index (χ3n) is 11.0. The lowest BCUT2D eigenvalue weighted by molar-refractivity contribution is 0.0522. The normalized spacial score (nSPS) is 13.3. The smallest absolute Gasteiger partial charge is 0.407 e. The number of carbonyl (C=O) groups excluding carboxylic acids is 2. The van der Waals surface area contributed by atoms with E-state index >= 15 is 0 Å². The van der Waals surface area contributed by atoms with E-state index in [2.05, 4.69) is 49.5 Å². The number of pyridine rings is 2. The van der Waals surface area contributed by atoms with E-state index in [0.29, 0.717) is 11.3 Å². The Morgan fingerprint density at radius 3 is 1.66 bits per heavy atom. The fourth-order valence-corrected chi connectivity index (χ4v) is 9.35. The minimum absolute atomic E-state index is 0.00234. The number of ether oxygens (including phenoxy) is 2. The Kier molecular flexibility index (Phi) is 21.2. The molecule has 3 heterocycles. The number of nitrogens with zero attached hydrogens (tertiary/aromatic N) is 5. The number of sulfonamides is 2. The second kappa shape index (κ2) is 25.9. The Hall–Kier alpha value is -5.80.